The molecule has 1 heterocycles. The molecule has 0 radical (unpaired) electrons. The van der Waals surface area contributed by atoms with Crippen LogP contribution in [0.1, 0.15) is 61.2 Å². The van der Waals surface area contributed by atoms with Gasteiger partial charge in [-0.25, -0.2) is 0 Å². The molecule has 3 aliphatic rings. The third-order valence-corrected chi connectivity index (χ3v) is 6.22. The van der Waals surface area contributed by atoms with Gasteiger partial charge in [-0.1, -0.05) is 54.1 Å². The van der Waals surface area contributed by atoms with Crippen molar-refractivity contribution in [1.82, 2.24) is 0 Å². The van der Waals surface area contributed by atoms with E-state index in [9.17, 15) is 4.79 Å². The number of carbonyl (C=O) groups excluding carboxylic acids is 1. The summed E-state index contributed by atoms with van der Waals surface area (Å²) in [6, 6.07) is 10.3. The fraction of sp³-hybridized carbons (Fsp3) is 0.440. The molecule has 4 rings (SSSR count). The zero-order chi connectivity index (χ0) is 18.5. The molecule has 1 saturated carbocycles. The van der Waals surface area contributed by atoms with Gasteiger partial charge in [-0.3, -0.25) is 9.79 Å². The average Bonchev–Trinajstić information content (AvgIpc) is 3.05. The summed E-state index contributed by atoms with van der Waals surface area (Å²) in [7, 11) is 0. The molecule has 0 spiro atoms. The number of nitrogens with zero attached hydrogens (tertiary/aromatic N) is 1. The van der Waals surface area contributed by atoms with E-state index in [-0.39, 0.29) is 4.28 Å². The molecule has 146 valence electrons. The van der Waals surface area contributed by atoms with Gasteiger partial charge in [0.1, 0.15) is 5.78 Å². The fourth-order valence-electron chi connectivity index (χ4n) is 4.77. The largest absolute Gasteiger partial charge is 0.300 e. The first-order chi connectivity index (χ1) is 13.3. The Labute approximate surface area is 167 Å². The second-order valence-corrected chi connectivity index (χ2v) is 8.17. The first-order valence-electron chi connectivity index (χ1n) is 10.5. The Morgan fingerprint density at radius 1 is 1.15 bits per heavy atom. The molecule has 0 saturated heterocycles. The van der Waals surface area contributed by atoms with Gasteiger partial charge in [0, 0.05) is 29.2 Å². The maximum atomic E-state index is 12.5. The lowest BCUT2D eigenvalue weighted by atomic mass is 9.86. The topological polar surface area (TPSA) is 29.4 Å². The lowest BCUT2D eigenvalue weighted by molar-refractivity contribution is -0.119. The molecule has 1 aromatic carbocycles. The lowest BCUT2D eigenvalue weighted by Crippen LogP contribution is -2.16. The van der Waals surface area contributed by atoms with Gasteiger partial charge in [0.15, 0.2) is 0 Å². The Morgan fingerprint density at radius 2 is 2.04 bits per heavy atom. The molecule has 1 unspecified atom stereocenters. The molecule has 2 atom stereocenters. The van der Waals surface area contributed by atoms with Crippen molar-refractivity contribution in [1.29, 1.82) is 0 Å². The molecule has 27 heavy (non-hydrogen) atoms. The average molecular weight is 366 g/mol. The minimum Gasteiger partial charge on any atom is -0.300 e. The minimum atomic E-state index is 0. The Kier molecular flexibility index (Phi) is 5.81. The van der Waals surface area contributed by atoms with Crippen LogP contribution in [0.15, 0.2) is 70.9 Å². The van der Waals surface area contributed by atoms with E-state index in [0.29, 0.717) is 24.0 Å². The molecule has 0 amide bonds. The van der Waals surface area contributed by atoms with Crippen molar-refractivity contribution in [2.45, 2.75) is 57.8 Å². The van der Waals surface area contributed by atoms with Crippen molar-refractivity contribution >= 4 is 11.5 Å². The molecule has 0 bridgehead atoms. The van der Waals surface area contributed by atoms with Gasteiger partial charge in [-0.05, 0) is 62.0 Å². The summed E-state index contributed by atoms with van der Waals surface area (Å²) in [6.07, 6.45) is 17.9. The monoisotopic (exact) mass is 365 g/mol. The molecular formula is C25H35NO. The Hall–Kier alpha value is -2.22. The van der Waals surface area contributed by atoms with E-state index in [1.54, 1.807) is 5.57 Å². The molecule has 1 aromatic rings. The predicted molar refractivity (Wildman–Crippen MR) is 118 cm³/mol. The van der Waals surface area contributed by atoms with Crippen LogP contribution in [0.25, 0.3) is 0 Å². The molecule has 2 nitrogen and oxygen atoms in total. The zero-order valence-electron chi connectivity index (χ0n) is 16.1. The molecular weight excluding hydrogens is 330 g/mol. The summed E-state index contributed by atoms with van der Waals surface area (Å²) in [6.45, 7) is 0. The number of hydrogen-bond donors (Lipinski definition) is 0. The zero-order valence-corrected chi connectivity index (χ0v) is 16.1. The van der Waals surface area contributed by atoms with Gasteiger partial charge in [0.25, 0.3) is 0 Å². The van der Waals surface area contributed by atoms with Crippen molar-refractivity contribution in [2.75, 3.05) is 0 Å². The quantitative estimate of drug-likeness (QED) is 0.549. The van der Waals surface area contributed by atoms with E-state index in [4.69, 9.17) is 4.99 Å². The number of Topliss-reactive ketones (excluding diaryl/α,β-unsaturated/α-hetero) is 1. The van der Waals surface area contributed by atoms with E-state index >= 15 is 0 Å². The van der Waals surface area contributed by atoms with Crippen LogP contribution in [0.4, 0.5) is 0 Å². The van der Waals surface area contributed by atoms with Gasteiger partial charge in [0.05, 0.1) is 5.71 Å². The van der Waals surface area contributed by atoms with Crippen molar-refractivity contribution in [3.8, 4) is 0 Å². The minimum absolute atomic E-state index is 0. The highest BCUT2D eigenvalue weighted by atomic mass is 16.1. The van der Waals surface area contributed by atoms with Gasteiger partial charge >= 0.3 is 0 Å². The van der Waals surface area contributed by atoms with Crippen molar-refractivity contribution < 1.29 is 9.07 Å². The van der Waals surface area contributed by atoms with E-state index in [0.717, 1.165) is 38.5 Å². The number of ketones is 1. The predicted octanol–water partition coefficient (Wildman–Crippen LogP) is 6.74. The Bertz CT molecular complexity index is 811. The SMILES string of the molecule is O=C(CCc1ccccc1)C[C@H]1CCC(C2=NC=CCC3=C2C=CCC3)C1.[HH].[HH].[HH]. The van der Waals surface area contributed by atoms with E-state index in [2.05, 4.69) is 30.4 Å². The summed E-state index contributed by atoms with van der Waals surface area (Å²) in [4.78, 5) is 17.3. The highest BCUT2D eigenvalue weighted by Gasteiger charge is 2.31. The number of rotatable bonds is 6. The van der Waals surface area contributed by atoms with Crippen LogP contribution in [-0.2, 0) is 11.2 Å². The van der Waals surface area contributed by atoms with E-state index in [1.807, 2.05) is 24.4 Å². The van der Waals surface area contributed by atoms with Gasteiger partial charge in [-0.15, -0.1) is 0 Å². The van der Waals surface area contributed by atoms with E-state index in [1.165, 1.54) is 29.7 Å². The standard InChI is InChI=1S/C25H29NO.3H2/c27-23(15-13-19-7-2-1-3-8-19)18-20-12-14-22(17-20)25-24-11-5-4-9-21(24)10-6-16-26-25;;;/h1-3,5-8,11,16,20,22H,4,9-10,12-15,17-18H2;3*1H/t20-,22?;;;/m0.../s1. The molecule has 1 fully saturated rings. The van der Waals surface area contributed by atoms with Crippen LogP contribution < -0.4 is 0 Å². The first-order valence-corrected chi connectivity index (χ1v) is 10.5. The highest BCUT2D eigenvalue weighted by Crippen LogP contribution is 2.38. The fourth-order valence-corrected chi connectivity index (χ4v) is 4.77. The third kappa shape index (κ3) is 4.55. The third-order valence-electron chi connectivity index (χ3n) is 6.22. The van der Waals surface area contributed by atoms with Crippen LogP contribution >= 0.6 is 0 Å². The number of hydrogen-bond acceptors (Lipinski definition) is 2. The molecule has 2 aliphatic carbocycles. The number of benzene rings is 1. The smallest absolute Gasteiger partial charge is 0.133 e. The van der Waals surface area contributed by atoms with Crippen LogP contribution in [0.3, 0.4) is 0 Å². The number of carbonyl (C=O) groups is 1. The molecule has 0 N–H and O–H groups in total. The summed E-state index contributed by atoms with van der Waals surface area (Å²) < 4.78 is 0. The number of aryl methyl sites for hydroxylation is 1. The maximum absolute atomic E-state index is 12.5. The second-order valence-electron chi connectivity index (χ2n) is 8.17. The summed E-state index contributed by atoms with van der Waals surface area (Å²) in [5.74, 6) is 1.47. The van der Waals surface area contributed by atoms with Gasteiger partial charge in [-0.2, -0.15) is 0 Å². The van der Waals surface area contributed by atoms with Crippen LogP contribution in [0, 0.1) is 11.8 Å². The van der Waals surface area contributed by atoms with Crippen LogP contribution in [0.2, 0.25) is 0 Å². The summed E-state index contributed by atoms with van der Waals surface area (Å²) in [5.41, 5.74) is 5.49. The van der Waals surface area contributed by atoms with Gasteiger partial charge < -0.3 is 0 Å². The number of aliphatic imine (C=N–C) groups is 1. The summed E-state index contributed by atoms with van der Waals surface area (Å²) in [5, 5.41) is 0. The highest BCUT2D eigenvalue weighted by molar-refractivity contribution is 6.05. The van der Waals surface area contributed by atoms with E-state index < -0.39 is 0 Å². The molecule has 0 aromatic heterocycles. The number of allylic oxidation sites excluding steroid dienone is 5. The van der Waals surface area contributed by atoms with Crippen molar-refractivity contribution in [2.24, 2.45) is 16.8 Å². The lowest BCUT2D eigenvalue weighted by Gasteiger charge is -2.20. The van der Waals surface area contributed by atoms with Crippen molar-refractivity contribution in [3.63, 3.8) is 0 Å². The van der Waals surface area contributed by atoms with Crippen LogP contribution in [-0.4, -0.2) is 11.5 Å². The maximum Gasteiger partial charge on any atom is 0.133 e. The normalized spacial score (nSPS) is 24.5. The Morgan fingerprint density at radius 3 is 2.93 bits per heavy atom. The van der Waals surface area contributed by atoms with Crippen LogP contribution in [0.5, 0.6) is 0 Å². The van der Waals surface area contributed by atoms with Gasteiger partial charge in [0.2, 0.25) is 0 Å². The molecule has 1 aliphatic heterocycles. The molecule has 2 heteroatoms. The second kappa shape index (κ2) is 8.65. The summed E-state index contributed by atoms with van der Waals surface area (Å²) >= 11 is 0. The van der Waals surface area contributed by atoms with Crippen molar-refractivity contribution in [3.05, 3.63) is 71.5 Å². The Balaban J connectivity index is 0.00000150. The first kappa shape index (κ1) is 18.2.